The van der Waals surface area contributed by atoms with Crippen LogP contribution in [0.25, 0.3) is 0 Å². The zero-order chi connectivity index (χ0) is 12.7. The second-order valence-corrected chi connectivity index (χ2v) is 5.12. The third-order valence-corrected chi connectivity index (χ3v) is 3.49. The van der Waals surface area contributed by atoms with E-state index in [2.05, 4.69) is 0 Å². The van der Waals surface area contributed by atoms with Crippen LogP contribution in [0.5, 0.6) is 0 Å². The Labute approximate surface area is 104 Å². The van der Waals surface area contributed by atoms with Crippen molar-refractivity contribution in [3.05, 3.63) is 0 Å². The molecule has 0 heterocycles. The number of hydrogen-bond acceptors (Lipinski definition) is 3. The number of aliphatic hydroxyl groups is 1. The van der Waals surface area contributed by atoms with Gasteiger partial charge in [-0.2, -0.15) is 0 Å². The van der Waals surface area contributed by atoms with E-state index in [0.29, 0.717) is 19.0 Å². The fourth-order valence-electron chi connectivity index (χ4n) is 2.51. The summed E-state index contributed by atoms with van der Waals surface area (Å²) in [6.45, 7) is 2.45. The molecule has 1 atom stereocenters. The molecule has 1 unspecified atom stereocenters. The van der Waals surface area contributed by atoms with E-state index in [1.165, 1.54) is 19.3 Å². The first-order valence-corrected chi connectivity index (χ1v) is 6.81. The maximum Gasteiger partial charge on any atom is 0.222 e. The minimum atomic E-state index is 0.0560. The van der Waals surface area contributed by atoms with Crippen molar-refractivity contribution in [1.82, 2.24) is 4.90 Å². The van der Waals surface area contributed by atoms with Crippen LogP contribution in [0.15, 0.2) is 0 Å². The molecular weight excluding hydrogens is 216 g/mol. The van der Waals surface area contributed by atoms with Crippen LogP contribution in [0.4, 0.5) is 0 Å². The van der Waals surface area contributed by atoms with Gasteiger partial charge in [-0.3, -0.25) is 4.79 Å². The minimum Gasteiger partial charge on any atom is -0.395 e. The molecular formula is C13H26N2O2. The van der Waals surface area contributed by atoms with Crippen molar-refractivity contribution in [2.45, 2.75) is 64.0 Å². The van der Waals surface area contributed by atoms with Crippen molar-refractivity contribution in [1.29, 1.82) is 0 Å². The van der Waals surface area contributed by atoms with Gasteiger partial charge >= 0.3 is 0 Å². The van der Waals surface area contributed by atoms with Gasteiger partial charge in [-0.25, -0.2) is 0 Å². The van der Waals surface area contributed by atoms with E-state index in [4.69, 9.17) is 10.8 Å². The van der Waals surface area contributed by atoms with Crippen LogP contribution in [0, 0.1) is 0 Å². The fourth-order valence-corrected chi connectivity index (χ4v) is 2.51. The van der Waals surface area contributed by atoms with Gasteiger partial charge in [0.15, 0.2) is 0 Å². The highest BCUT2D eigenvalue weighted by atomic mass is 16.3. The van der Waals surface area contributed by atoms with Crippen molar-refractivity contribution < 1.29 is 9.90 Å². The summed E-state index contributed by atoms with van der Waals surface area (Å²) in [5.41, 5.74) is 5.67. The quantitative estimate of drug-likeness (QED) is 0.737. The van der Waals surface area contributed by atoms with E-state index < -0.39 is 0 Å². The number of nitrogens with zero attached hydrogens (tertiary/aromatic N) is 1. The Bertz CT molecular complexity index is 225. The highest BCUT2D eigenvalue weighted by Gasteiger charge is 2.24. The second-order valence-electron chi connectivity index (χ2n) is 5.12. The molecule has 100 valence electrons. The summed E-state index contributed by atoms with van der Waals surface area (Å²) in [7, 11) is 0. The molecule has 0 radical (unpaired) electrons. The molecule has 1 saturated carbocycles. The molecule has 0 saturated heterocycles. The van der Waals surface area contributed by atoms with Gasteiger partial charge in [-0.05, 0) is 26.2 Å². The number of rotatable bonds is 6. The summed E-state index contributed by atoms with van der Waals surface area (Å²) in [5, 5.41) is 9.08. The molecule has 0 aromatic heterocycles. The van der Waals surface area contributed by atoms with Gasteiger partial charge in [-0.1, -0.05) is 19.3 Å². The van der Waals surface area contributed by atoms with Gasteiger partial charge < -0.3 is 15.7 Å². The summed E-state index contributed by atoms with van der Waals surface area (Å²) in [6.07, 6.45) is 7.09. The summed E-state index contributed by atoms with van der Waals surface area (Å²) in [4.78, 5) is 14.0. The Kier molecular flexibility index (Phi) is 6.52. The van der Waals surface area contributed by atoms with E-state index in [1.54, 1.807) is 0 Å². The first-order chi connectivity index (χ1) is 8.15. The lowest BCUT2D eigenvalue weighted by molar-refractivity contribution is -0.135. The van der Waals surface area contributed by atoms with Crippen molar-refractivity contribution in [2.24, 2.45) is 5.73 Å². The van der Waals surface area contributed by atoms with Gasteiger partial charge in [0.1, 0.15) is 0 Å². The third kappa shape index (κ3) is 5.04. The van der Waals surface area contributed by atoms with Crippen LogP contribution in [0.1, 0.15) is 51.9 Å². The molecule has 1 aliphatic carbocycles. The van der Waals surface area contributed by atoms with E-state index >= 15 is 0 Å². The maximum absolute atomic E-state index is 12.1. The Morgan fingerprint density at radius 3 is 2.59 bits per heavy atom. The Balaban J connectivity index is 2.47. The molecule has 4 nitrogen and oxygen atoms in total. The molecule has 17 heavy (non-hydrogen) atoms. The van der Waals surface area contributed by atoms with E-state index in [-0.39, 0.29) is 18.6 Å². The minimum absolute atomic E-state index is 0.0560. The first-order valence-electron chi connectivity index (χ1n) is 6.81. The Morgan fingerprint density at radius 2 is 2.06 bits per heavy atom. The number of amides is 1. The molecule has 1 rings (SSSR count). The Morgan fingerprint density at radius 1 is 1.41 bits per heavy atom. The van der Waals surface area contributed by atoms with Crippen molar-refractivity contribution in [2.75, 3.05) is 13.2 Å². The predicted octanol–water partition coefficient (Wildman–Crippen LogP) is 1.27. The highest BCUT2D eigenvalue weighted by molar-refractivity contribution is 5.76. The number of carbonyl (C=O) groups is 1. The van der Waals surface area contributed by atoms with Gasteiger partial charge in [0.05, 0.1) is 6.61 Å². The molecule has 3 N–H and O–H groups in total. The average molecular weight is 242 g/mol. The molecule has 0 bridgehead atoms. The largest absolute Gasteiger partial charge is 0.395 e. The predicted molar refractivity (Wildman–Crippen MR) is 68.6 cm³/mol. The molecule has 1 amide bonds. The standard InChI is InChI=1S/C13H26N2O2/c1-11(14)7-8-13(17)15(9-10-16)12-5-3-2-4-6-12/h11-12,16H,2-10,14H2,1H3. The summed E-state index contributed by atoms with van der Waals surface area (Å²) < 4.78 is 0. The fraction of sp³-hybridized carbons (Fsp3) is 0.923. The third-order valence-electron chi connectivity index (χ3n) is 3.49. The van der Waals surface area contributed by atoms with Crippen LogP contribution in [0.2, 0.25) is 0 Å². The van der Waals surface area contributed by atoms with Crippen LogP contribution >= 0.6 is 0 Å². The molecule has 0 aromatic carbocycles. The van der Waals surface area contributed by atoms with Crippen LogP contribution in [0.3, 0.4) is 0 Å². The monoisotopic (exact) mass is 242 g/mol. The highest BCUT2D eigenvalue weighted by Crippen LogP contribution is 2.23. The molecule has 1 aliphatic rings. The van der Waals surface area contributed by atoms with Gasteiger partial charge in [0.25, 0.3) is 0 Å². The SMILES string of the molecule is CC(N)CCC(=O)N(CCO)C1CCCCC1. The second kappa shape index (κ2) is 7.67. The van der Waals surface area contributed by atoms with Crippen LogP contribution in [-0.2, 0) is 4.79 Å². The topological polar surface area (TPSA) is 66.6 Å². The molecule has 1 fully saturated rings. The lowest BCUT2D eigenvalue weighted by Gasteiger charge is -2.34. The van der Waals surface area contributed by atoms with Gasteiger partial charge in [0, 0.05) is 25.0 Å². The number of aliphatic hydroxyl groups excluding tert-OH is 1. The lowest BCUT2D eigenvalue weighted by atomic mass is 9.94. The molecule has 0 aliphatic heterocycles. The molecule has 0 spiro atoms. The Hall–Kier alpha value is -0.610. The van der Waals surface area contributed by atoms with E-state index in [1.807, 2.05) is 11.8 Å². The van der Waals surface area contributed by atoms with Gasteiger partial charge in [0.2, 0.25) is 5.91 Å². The van der Waals surface area contributed by atoms with E-state index in [9.17, 15) is 4.79 Å². The summed E-state index contributed by atoms with van der Waals surface area (Å²) in [6, 6.07) is 0.415. The zero-order valence-electron chi connectivity index (χ0n) is 10.9. The number of carbonyl (C=O) groups excluding carboxylic acids is 1. The first kappa shape index (κ1) is 14.5. The summed E-state index contributed by atoms with van der Waals surface area (Å²) in [5.74, 6) is 0.156. The van der Waals surface area contributed by atoms with Crippen molar-refractivity contribution in [3.63, 3.8) is 0 Å². The maximum atomic E-state index is 12.1. The van der Waals surface area contributed by atoms with Crippen molar-refractivity contribution in [3.8, 4) is 0 Å². The molecule has 0 aromatic rings. The normalized spacial score (nSPS) is 19.0. The smallest absolute Gasteiger partial charge is 0.222 e. The molecule has 4 heteroatoms. The van der Waals surface area contributed by atoms with Crippen LogP contribution in [-0.4, -0.2) is 41.1 Å². The number of nitrogens with two attached hydrogens (primary N) is 1. The summed E-state index contributed by atoms with van der Waals surface area (Å²) >= 11 is 0. The average Bonchev–Trinajstić information content (AvgIpc) is 2.34. The van der Waals surface area contributed by atoms with Gasteiger partial charge in [-0.15, -0.1) is 0 Å². The van der Waals surface area contributed by atoms with E-state index in [0.717, 1.165) is 19.3 Å². The zero-order valence-corrected chi connectivity index (χ0v) is 10.9. The van der Waals surface area contributed by atoms with Crippen molar-refractivity contribution >= 4 is 5.91 Å². The van der Waals surface area contributed by atoms with Crippen LogP contribution < -0.4 is 5.73 Å². The number of hydrogen-bond donors (Lipinski definition) is 2. The lowest BCUT2D eigenvalue weighted by Crippen LogP contribution is -2.43.